The first-order valence-corrected chi connectivity index (χ1v) is 20.4. The average molecular weight is 796 g/mol. The molecule has 0 saturated carbocycles. The summed E-state index contributed by atoms with van der Waals surface area (Å²) in [6, 6.07) is 8.81. The molecule has 1 fully saturated rings. The van der Waals surface area contributed by atoms with Crippen molar-refractivity contribution < 1.29 is 23.9 Å². The molecule has 14 nitrogen and oxygen atoms in total. The van der Waals surface area contributed by atoms with Crippen LogP contribution in [0.3, 0.4) is 0 Å². The second kappa shape index (κ2) is 18.8. The van der Waals surface area contributed by atoms with Crippen LogP contribution in [0.15, 0.2) is 46.1 Å². The van der Waals surface area contributed by atoms with Crippen molar-refractivity contribution >= 4 is 28.7 Å². The van der Waals surface area contributed by atoms with Crippen molar-refractivity contribution in [1.82, 2.24) is 34.6 Å². The number of hydrogen-bond donors (Lipinski definition) is 2. The number of fused-ring (bicyclic) bond motifs is 2. The Balaban J connectivity index is 0.956. The maximum Gasteiger partial charge on any atom is 0.317 e. The summed E-state index contributed by atoms with van der Waals surface area (Å²) < 4.78 is 14.6. The fourth-order valence-corrected chi connectivity index (χ4v) is 8.39. The summed E-state index contributed by atoms with van der Waals surface area (Å²) in [6.07, 6.45) is 10.7. The van der Waals surface area contributed by atoms with Crippen LogP contribution < -0.4 is 31.2 Å². The molecule has 2 aromatic heterocycles. The summed E-state index contributed by atoms with van der Waals surface area (Å²) in [6.45, 7) is 3.71. The van der Waals surface area contributed by atoms with Gasteiger partial charge in [0.05, 0.1) is 37.2 Å². The third-order valence-corrected chi connectivity index (χ3v) is 11.4. The minimum atomic E-state index is -0.742. The van der Waals surface area contributed by atoms with Crippen LogP contribution in [-0.4, -0.2) is 83.2 Å². The number of unbranched alkanes of at least 4 members (excludes halogenated alkanes) is 6. The van der Waals surface area contributed by atoms with Crippen molar-refractivity contribution in [1.29, 1.82) is 0 Å². The number of nitrogens with one attached hydrogen (secondary N) is 2. The summed E-state index contributed by atoms with van der Waals surface area (Å²) in [5, 5.41) is 5.97. The molecule has 4 heterocycles. The molecule has 0 spiro atoms. The number of ether oxygens (including phenoxy) is 2. The zero-order chi connectivity index (χ0) is 41.5. The Morgan fingerprint density at radius 1 is 0.931 bits per heavy atom. The van der Waals surface area contributed by atoms with E-state index in [1.807, 2.05) is 50.6 Å². The monoisotopic (exact) mass is 795 g/mol. The molecule has 4 amide bonds. The van der Waals surface area contributed by atoms with Crippen molar-refractivity contribution in [3.8, 4) is 22.6 Å². The summed E-state index contributed by atoms with van der Waals surface area (Å²) in [5.41, 5.74) is 5.59. The van der Waals surface area contributed by atoms with E-state index in [1.54, 1.807) is 37.7 Å². The summed E-state index contributed by atoms with van der Waals surface area (Å²) >= 11 is 0. The second-order valence-electron chi connectivity index (χ2n) is 15.8. The van der Waals surface area contributed by atoms with Gasteiger partial charge in [-0.05, 0) is 88.0 Å². The van der Waals surface area contributed by atoms with E-state index in [2.05, 4.69) is 20.5 Å². The quantitative estimate of drug-likeness (QED) is 0.115. The van der Waals surface area contributed by atoms with Gasteiger partial charge in [-0.3, -0.25) is 29.1 Å². The molecule has 4 aromatic rings. The number of urea groups is 1. The van der Waals surface area contributed by atoms with Crippen LogP contribution in [0.1, 0.15) is 91.9 Å². The van der Waals surface area contributed by atoms with Gasteiger partial charge >= 0.3 is 6.03 Å². The smallest absolute Gasteiger partial charge is 0.317 e. The largest absolute Gasteiger partial charge is 0.496 e. The number of imide groups is 1. The predicted molar refractivity (Wildman–Crippen MR) is 223 cm³/mol. The van der Waals surface area contributed by atoms with Gasteiger partial charge < -0.3 is 29.2 Å². The van der Waals surface area contributed by atoms with Crippen LogP contribution in [0.4, 0.5) is 4.79 Å². The molecule has 6 rings (SSSR count). The number of rotatable bonds is 16. The van der Waals surface area contributed by atoms with E-state index in [1.165, 1.54) is 4.57 Å². The Bertz CT molecular complexity index is 2270. The lowest BCUT2D eigenvalue weighted by atomic mass is 9.91. The number of piperidine rings is 1. The molecule has 2 aliphatic heterocycles. The van der Waals surface area contributed by atoms with Crippen LogP contribution >= 0.6 is 0 Å². The molecule has 2 aromatic carbocycles. The SMILES string of the molecule is COc1cc(-c2cn(C)c(=O)c3c2CCN(C(=O)NCCCCCCCCCc2cccc4nc(C)n(C5CCC(=O)NC5=O)c(=O)c24)C3)cc(OC)c1CN(C)C. The van der Waals surface area contributed by atoms with Crippen molar-refractivity contribution in [2.75, 3.05) is 41.4 Å². The maximum absolute atomic E-state index is 13.7. The Kier molecular flexibility index (Phi) is 13.7. The predicted octanol–water partition coefficient (Wildman–Crippen LogP) is 5.17. The molecule has 58 heavy (non-hydrogen) atoms. The first-order valence-electron chi connectivity index (χ1n) is 20.4. The van der Waals surface area contributed by atoms with E-state index in [9.17, 15) is 24.0 Å². The Hall–Kier alpha value is -5.50. The van der Waals surface area contributed by atoms with Crippen LogP contribution in [0.25, 0.3) is 22.0 Å². The van der Waals surface area contributed by atoms with Gasteiger partial charge in [0.15, 0.2) is 0 Å². The van der Waals surface area contributed by atoms with Crippen LogP contribution in [0.2, 0.25) is 0 Å². The van der Waals surface area contributed by atoms with E-state index in [0.717, 1.165) is 90.7 Å². The Morgan fingerprint density at radius 2 is 1.62 bits per heavy atom. The highest BCUT2D eigenvalue weighted by Crippen LogP contribution is 2.38. The molecule has 14 heteroatoms. The maximum atomic E-state index is 13.7. The number of nitrogens with zero attached hydrogens (tertiary/aromatic N) is 5. The van der Waals surface area contributed by atoms with E-state index >= 15 is 0 Å². The lowest BCUT2D eigenvalue weighted by Gasteiger charge is -2.30. The van der Waals surface area contributed by atoms with Gasteiger partial charge in [-0.2, -0.15) is 0 Å². The third kappa shape index (κ3) is 9.28. The fraction of sp³-hybridized carbons (Fsp3) is 0.500. The molecule has 310 valence electrons. The first kappa shape index (κ1) is 42.1. The second-order valence-corrected chi connectivity index (χ2v) is 15.8. The van der Waals surface area contributed by atoms with Gasteiger partial charge in [0.2, 0.25) is 11.8 Å². The van der Waals surface area contributed by atoms with E-state index in [-0.39, 0.29) is 42.4 Å². The Morgan fingerprint density at radius 3 is 2.29 bits per heavy atom. The zero-order valence-electron chi connectivity index (χ0n) is 34.7. The molecule has 1 atom stereocenters. The summed E-state index contributed by atoms with van der Waals surface area (Å²) in [5.74, 6) is 1.12. The van der Waals surface area contributed by atoms with Crippen molar-refractivity contribution in [3.63, 3.8) is 0 Å². The van der Waals surface area contributed by atoms with E-state index in [4.69, 9.17) is 9.47 Å². The fourth-order valence-electron chi connectivity index (χ4n) is 8.39. The van der Waals surface area contributed by atoms with Gasteiger partial charge in [0.1, 0.15) is 23.4 Å². The number of pyridine rings is 1. The molecule has 1 saturated heterocycles. The minimum Gasteiger partial charge on any atom is -0.496 e. The zero-order valence-corrected chi connectivity index (χ0v) is 34.7. The van der Waals surface area contributed by atoms with Crippen LogP contribution in [-0.2, 0) is 42.6 Å². The van der Waals surface area contributed by atoms with Gasteiger partial charge in [-0.15, -0.1) is 0 Å². The van der Waals surface area contributed by atoms with Crippen LogP contribution in [0, 0.1) is 6.92 Å². The topological polar surface area (TPSA) is 157 Å². The highest BCUT2D eigenvalue weighted by Gasteiger charge is 2.31. The molecule has 1 unspecified atom stereocenters. The van der Waals surface area contributed by atoms with Crippen LogP contribution in [0.5, 0.6) is 11.5 Å². The lowest BCUT2D eigenvalue weighted by molar-refractivity contribution is -0.135. The number of carbonyl (C=O) groups excluding carboxylic acids is 3. The summed E-state index contributed by atoms with van der Waals surface area (Å²) in [7, 11) is 9.03. The third-order valence-electron chi connectivity index (χ3n) is 11.4. The molecule has 2 aliphatic rings. The van der Waals surface area contributed by atoms with Crippen molar-refractivity contribution in [2.24, 2.45) is 7.05 Å². The number of carbonyl (C=O) groups is 3. The van der Waals surface area contributed by atoms with Gasteiger partial charge in [-0.1, -0.05) is 44.2 Å². The van der Waals surface area contributed by atoms with Crippen molar-refractivity contribution in [3.05, 3.63) is 85.3 Å². The molecule has 2 N–H and O–H groups in total. The number of methoxy groups -OCH3 is 2. The van der Waals surface area contributed by atoms with Gasteiger partial charge in [0, 0.05) is 50.4 Å². The highest BCUT2D eigenvalue weighted by atomic mass is 16.5. The van der Waals surface area contributed by atoms with E-state index in [0.29, 0.717) is 48.3 Å². The number of amides is 4. The first-order chi connectivity index (χ1) is 27.9. The number of hydrogen-bond acceptors (Lipinski definition) is 9. The average Bonchev–Trinajstić information content (AvgIpc) is 3.20. The number of aromatic nitrogens is 3. The molecular formula is C44H57N7O7. The minimum absolute atomic E-state index is 0.100. The number of benzene rings is 2. The molecular weight excluding hydrogens is 739 g/mol. The summed E-state index contributed by atoms with van der Waals surface area (Å²) in [4.78, 5) is 73.0. The molecule has 0 bridgehead atoms. The van der Waals surface area contributed by atoms with Gasteiger partial charge in [-0.25, -0.2) is 9.78 Å². The lowest BCUT2D eigenvalue weighted by Crippen LogP contribution is -2.45. The normalized spacial score (nSPS) is 15.4. The van der Waals surface area contributed by atoms with E-state index < -0.39 is 11.9 Å². The number of aryl methyl sites for hydroxylation is 3. The van der Waals surface area contributed by atoms with Gasteiger partial charge in [0.25, 0.3) is 11.1 Å². The Labute approximate surface area is 339 Å². The molecule has 0 radical (unpaired) electrons. The van der Waals surface area contributed by atoms with Crippen molar-refractivity contribution in [2.45, 2.75) is 96.7 Å². The standard InChI is InChI=1S/C44H57N7O7/c1-28-46-35-17-14-16-29(40(35)43(55)51(28)36-18-19-39(52)47-41(36)53)15-12-10-8-7-9-11-13-21-45-44(56)50-22-20-31-32(26-49(4)42(54)33(31)27-50)30-23-37(57-5)34(25-48(2)3)38(24-30)58-6/h14,16-17,23-24,26,36H,7-13,15,18-22,25,27H2,1-6H3,(H,45,56)(H,47,52,53). The highest BCUT2D eigenvalue weighted by molar-refractivity contribution is 5.99. The molecule has 0 aliphatic carbocycles.